The van der Waals surface area contributed by atoms with Gasteiger partial charge in [0.25, 0.3) is 0 Å². The molecule has 19 heavy (non-hydrogen) atoms. The number of hydrogen-bond donors (Lipinski definition) is 1. The van der Waals surface area contributed by atoms with Crippen LogP contribution in [0.1, 0.15) is 18.4 Å². The molecule has 0 saturated carbocycles. The van der Waals surface area contributed by atoms with Gasteiger partial charge in [-0.25, -0.2) is 0 Å². The van der Waals surface area contributed by atoms with Crippen LogP contribution in [0.4, 0.5) is 13.2 Å². The molecule has 100 valence electrons. The van der Waals surface area contributed by atoms with Crippen molar-refractivity contribution in [1.29, 1.82) is 5.26 Å². The van der Waals surface area contributed by atoms with Crippen molar-refractivity contribution >= 4 is 23.3 Å². The van der Waals surface area contributed by atoms with Gasteiger partial charge in [0.05, 0.1) is 22.7 Å². The summed E-state index contributed by atoms with van der Waals surface area (Å²) in [5.74, 6) is 0. The van der Waals surface area contributed by atoms with Crippen molar-refractivity contribution in [1.82, 2.24) is 9.55 Å². The normalized spacial score (nSPS) is 11.7. The lowest BCUT2D eigenvalue weighted by atomic mass is 10.2. The molecule has 1 aromatic heterocycles. The molecule has 0 amide bonds. The zero-order valence-electron chi connectivity index (χ0n) is 9.79. The minimum absolute atomic E-state index is 0.0401. The summed E-state index contributed by atoms with van der Waals surface area (Å²) in [5.41, 5.74) is 1.83. The summed E-state index contributed by atoms with van der Waals surface area (Å²) in [7, 11) is 0. The Bertz CT molecular complexity index is 691. The van der Waals surface area contributed by atoms with Gasteiger partial charge in [-0.1, -0.05) is 0 Å². The number of fused-ring (bicyclic) bond motifs is 1. The van der Waals surface area contributed by atoms with Gasteiger partial charge < -0.3 is 9.55 Å². The van der Waals surface area contributed by atoms with Gasteiger partial charge in [0.1, 0.15) is 0 Å². The van der Waals surface area contributed by atoms with Crippen molar-refractivity contribution in [3.8, 4) is 6.07 Å². The third-order valence-electron chi connectivity index (χ3n) is 2.75. The van der Waals surface area contributed by atoms with Crippen LogP contribution in [0.15, 0.2) is 18.2 Å². The van der Waals surface area contributed by atoms with E-state index in [9.17, 15) is 13.2 Å². The molecule has 0 fully saturated rings. The van der Waals surface area contributed by atoms with Gasteiger partial charge in [-0.2, -0.15) is 18.4 Å². The number of nitriles is 1. The SMILES string of the molecule is N#Cc1ccc2[nH]c(=S)n(CCCC(F)(F)F)c2c1. The molecule has 0 spiro atoms. The molecular formula is C12H10F3N3S. The van der Waals surface area contributed by atoms with E-state index in [0.717, 1.165) is 5.52 Å². The Morgan fingerprint density at radius 3 is 2.74 bits per heavy atom. The van der Waals surface area contributed by atoms with Crippen LogP contribution in [-0.2, 0) is 6.54 Å². The number of nitrogens with one attached hydrogen (secondary N) is 1. The molecule has 3 nitrogen and oxygen atoms in total. The minimum Gasteiger partial charge on any atom is -0.331 e. The quantitative estimate of drug-likeness (QED) is 0.869. The highest BCUT2D eigenvalue weighted by atomic mass is 32.1. The number of aryl methyl sites for hydroxylation is 1. The second-order valence-electron chi connectivity index (χ2n) is 4.14. The standard InChI is InChI=1S/C12H10F3N3S/c13-12(14,15)4-1-5-18-10-6-8(7-16)2-3-9(10)17-11(18)19/h2-3,6H,1,4-5H2,(H,17,19). The fourth-order valence-electron chi connectivity index (χ4n) is 1.88. The number of alkyl halides is 3. The van der Waals surface area contributed by atoms with E-state index in [2.05, 4.69) is 4.98 Å². The average Bonchev–Trinajstić information content (AvgIpc) is 2.63. The highest BCUT2D eigenvalue weighted by Gasteiger charge is 2.26. The Labute approximate surface area is 112 Å². The summed E-state index contributed by atoms with van der Waals surface area (Å²) in [4.78, 5) is 2.91. The van der Waals surface area contributed by atoms with E-state index in [0.29, 0.717) is 15.9 Å². The fourth-order valence-corrected chi connectivity index (χ4v) is 2.18. The number of nitrogens with zero attached hydrogens (tertiary/aromatic N) is 2. The second-order valence-corrected chi connectivity index (χ2v) is 4.53. The van der Waals surface area contributed by atoms with Crippen molar-refractivity contribution in [2.24, 2.45) is 0 Å². The first-order valence-electron chi connectivity index (χ1n) is 5.60. The summed E-state index contributed by atoms with van der Waals surface area (Å²) in [5, 5.41) is 8.83. The lowest BCUT2D eigenvalue weighted by molar-refractivity contribution is -0.135. The first-order chi connectivity index (χ1) is 8.90. The molecule has 1 N–H and O–H groups in total. The molecular weight excluding hydrogens is 275 g/mol. The molecule has 7 heteroatoms. The van der Waals surface area contributed by atoms with E-state index >= 15 is 0 Å². The number of aromatic amines is 1. The highest BCUT2D eigenvalue weighted by Crippen LogP contribution is 2.23. The third-order valence-corrected chi connectivity index (χ3v) is 3.07. The Morgan fingerprint density at radius 1 is 1.37 bits per heavy atom. The van der Waals surface area contributed by atoms with Crippen molar-refractivity contribution in [2.75, 3.05) is 0 Å². The number of H-pyrrole nitrogens is 1. The van der Waals surface area contributed by atoms with Gasteiger partial charge in [-0.15, -0.1) is 0 Å². The van der Waals surface area contributed by atoms with Gasteiger partial charge in [0.15, 0.2) is 4.77 Å². The molecule has 0 aliphatic carbocycles. The topological polar surface area (TPSA) is 44.5 Å². The summed E-state index contributed by atoms with van der Waals surface area (Å²) >= 11 is 5.08. The highest BCUT2D eigenvalue weighted by molar-refractivity contribution is 7.71. The molecule has 0 aliphatic rings. The number of aromatic nitrogens is 2. The average molecular weight is 285 g/mol. The van der Waals surface area contributed by atoms with Crippen molar-refractivity contribution in [3.63, 3.8) is 0 Å². The van der Waals surface area contributed by atoms with Gasteiger partial charge in [-0.3, -0.25) is 0 Å². The van der Waals surface area contributed by atoms with Gasteiger partial charge in [-0.05, 0) is 36.8 Å². The van der Waals surface area contributed by atoms with Crippen LogP contribution in [0, 0.1) is 16.1 Å². The smallest absolute Gasteiger partial charge is 0.331 e. The number of hydrogen-bond acceptors (Lipinski definition) is 2. The minimum atomic E-state index is -4.16. The number of imidazole rings is 1. The van der Waals surface area contributed by atoms with Gasteiger partial charge in [0.2, 0.25) is 0 Å². The van der Waals surface area contributed by atoms with Gasteiger partial charge >= 0.3 is 6.18 Å². The van der Waals surface area contributed by atoms with E-state index in [1.165, 1.54) is 0 Å². The molecule has 2 aromatic rings. The monoisotopic (exact) mass is 285 g/mol. The number of halogens is 3. The lowest BCUT2D eigenvalue weighted by Gasteiger charge is -2.07. The number of benzene rings is 1. The van der Waals surface area contributed by atoms with Crippen LogP contribution < -0.4 is 0 Å². The zero-order chi connectivity index (χ0) is 14.0. The van der Waals surface area contributed by atoms with E-state index in [4.69, 9.17) is 17.5 Å². The molecule has 0 bridgehead atoms. The first-order valence-corrected chi connectivity index (χ1v) is 6.01. The second kappa shape index (κ2) is 5.05. The molecule has 0 aliphatic heterocycles. The Balaban J connectivity index is 2.29. The fraction of sp³-hybridized carbons (Fsp3) is 0.333. The summed E-state index contributed by atoms with van der Waals surface area (Å²) in [6.45, 7) is 0.174. The zero-order valence-corrected chi connectivity index (χ0v) is 10.6. The maximum atomic E-state index is 12.1. The van der Waals surface area contributed by atoms with E-state index in [1.807, 2.05) is 6.07 Å². The van der Waals surface area contributed by atoms with E-state index in [-0.39, 0.29) is 13.0 Å². The molecule has 0 unspecified atom stereocenters. The van der Waals surface area contributed by atoms with Crippen molar-refractivity contribution < 1.29 is 13.2 Å². The lowest BCUT2D eigenvalue weighted by Crippen LogP contribution is -2.09. The van der Waals surface area contributed by atoms with Crippen LogP contribution in [0.2, 0.25) is 0 Å². The maximum absolute atomic E-state index is 12.1. The predicted octanol–water partition coefficient (Wildman–Crippen LogP) is 3.91. The third kappa shape index (κ3) is 3.15. The summed E-state index contributed by atoms with van der Waals surface area (Å²) in [6, 6.07) is 6.95. The Hall–Kier alpha value is -1.81. The Kier molecular flexibility index (Phi) is 3.62. The van der Waals surface area contributed by atoms with E-state index < -0.39 is 12.6 Å². The maximum Gasteiger partial charge on any atom is 0.389 e. The van der Waals surface area contributed by atoms with Crippen LogP contribution in [-0.4, -0.2) is 15.7 Å². The van der Waals surface area contributed by atoms with Crippen LogP contribution in [0.25, 0.3) is 11.0 Å². The first kappa shape index (κ1) is 13.6. The number of rotatable bonds is 3. The van der Waals surface area contributed by atoms with Crippen molar-refractivity contribution in [3.05, 3.63) is 28.5 Å². The van der Waals surface area contributed by atoms with Crippen molar-refractivity contribution in [2.45, 2.75) is 25.6 Å². The molecule has 2 rings (SSSR count). The van der Waals surface area contributed by atoms with E-state index in [1.54, 1.807) is 22.8 Å². The molecule has 1 heterocycles. The largest absolute Gasteiger partial charge is 0.389 e. The molecule has 1 aromatic carbocycles. The van der Waals surface area contributed by atoms with Crippen LogP contribution in [0.3, 0.4) is 0 Å². The molecule has 0 atom stereocenters. The molecule has 0 radical (unpaired) electrons. The molecule has 0 saturated heterocycles. The van der Waals surface area contributed by atoms with Crippen LogP contribution in [0.5, 0.6) is 0 Å². The van der Waals surface area contributed by atoms with Gasteiger partial charge in [0, 0.05) is 13.0 Å². The Morgan fingerprint density at radius 2 is 2.11 bits per heavy atom. The predicted molar refractivity (Wildman–Crippen MR) is 67.1 cm³/mol. The summed E-state index contributed by atoms with van der Waals surface area (Å²) in [6.07, 6.45) is -5.05. The van der Waals surface area contributed by atoms with Crippen LogP contribution >= 0.6 is 12.2 Å². The summed E-state index contributed by atoms with van der Waals surface area (Å²) < 4.78 is 38.4.